The Hall–Kier alpha value is -1.51. The molecule has 2 nitrogen and oxygen atoms in total. The first kappa shape index (κ1) is 15.9. The minimum Gasteiger partial charge on any atom is -0.369 e. The van der Waals surface area contributed by atoms with Crippen LogP contribution in [0.15, 0.2) is 48.5 Å². The molecule has 0 aliphatic carbocycles. The molecule has 21 heavy (non-hydrogen) atoms. The van der Waals surface area contributed by atoms with Gasteiger partial charge >= 0.3 is 0 Å². The van der Waals surface area contributed by atoms with Crippen LogP contribution in [0.1, 0.15) is 24.0 Å². The quantitative estimate of drug-likeness (QED) is 0.869. The summed E-state index contributed by atoms with van der Waals surface area (Å²) >= 11 is 11.8. The van der Waals surface area contributed by atoms with Crippen LogP contribution in [0.25, 0.3) is 0 Å². The van der Waals surface area contributed by atoms with Crippen LogP contribution in [0.2, 0.25) is 10.0 Å². The third kappa shape index (κ3) is 4.23. The molecular weight excluding hydrogens is 305 g/mol. The lowest BCUT2D eigenvalue weighted by Gasteiger charge is -2.22. The number of nitrogens with two attached hydrogens (primary N) is 1. The van der Waals surface area contributed by atoms with Gasteiger partial charge in [0, 0.05) is 16.0 Å². The lowest BCUT2D eigenvalue weighted by atomic mass is 9.82. The molecule has 0 aliphatic rings. The molecule has 0 aliphatic heterocycles. The summed E-state index contributed by atoms with van der Waals surface area (Å²) in [6.45, 7) is 1.86. The summed E-state index contributed by atoms with van der Waals surface area (Å²) in [6, 6.07) is 15.2. The van der Waals surface area contributed by atoms with Crippen molar-refractivity contribution in [3.63, 3.8) is 0 Å². The highest BCUT2D eigenvalue weighted by atomic mass is 35.5. The molecule has 0 bridgehead atoms. The summed E-state index contributed by atoms with van der Waals surface area (Å²) in [5.74, 6) is -0.549. The van der Waals surface area contributed by atoms with Crippen LogP contribution in [-0.2, 0) is 11.2 Å². The molecule has 0 fully saturated rings. The topological polar surface area (TPSA) is 43.1 Å². The largest absolute Gasteiger partial charge is 0.369 e. The van der Waals surface area contributed by atoms with Gasteiger partial charge in [0.05, 0.1) is 0 Å². The molecule has 2 unspecified atom stereocenters. The summed E-state index contributed by atoms with van der Waals surface area (Å²) in [4.78, 5) is 11.6. The molecule has 110 valence electrons. The van der Waals surface area contributed by atoms with Crippen molar-refractivity contribution in [2.45, 2.75) is 19.3 Å². The Bertz CT molecular complexity index is 608. The molecular formula is C17H17Cl2NO. The van der Waals surface area contributed by atoms with Crippen LogP contribution in [0.3, 0.4) is 0 Å². The van der Waals surface area contributed by atoms with E-state index in [0.717, 1.165) is 17.5 Å². The maximum atomic E-state index is 11.6. The van der Waals surface area contributed by atoms with Gasteiger partial charge in [-0.1, -0.05) is 54.4 Å². The summed E-state index contributed by atoms with van der Waals surface area (Å²) < 4.78 is 0. The molecule has 2 aromatic rings. The average Bonchev–Trinajstić information content (AvgIpc) is 2.47. The SMILES string of the molecule is CC(C(N)=O)C(Cc1ccc(Cl)cc1)c1ccc(Cl)cc1. The second-order valence-corrected chi connectivity index (χ2v) is 6.05. The fraction of sp³-hybridized carbons (Fsp3) is 0.235. The highest BCUT2D eigenvalue weighted by molar-refractivity contribution is 6.30. The van der Waals surface area contributed by atoms with E-state index in [2.05, 4.69) is 0 Å². The van der Waals surface area contributed by atoms with Gasteiger partial charge in [-0.15, -0.1) is 0 Å². The van der Waals surface area contributed by atoms with Crippen LogP contribution in [0.4, 0.5) is 0 Å². The number of rotatable bonds is 5. The number of amides is 1. The van der Waals surface area contributed by atoms with E-state index in [4.69, 9.17) is 28.9 Å². The van der Waals surface area contributed by atoms with E-state index in [9.17, 15) is 4.79 Å². The molecule has 1 amide bonds. The van der Waals surface area contributed by atoms with Gasteiger partial charge in [-0.05, 0) is 47.7 Å². The van der Waals surface area contributed by atoms with Crippen LogP contribution in [0, 0.1) is 5.92 Å². The van der Waals surface area contributed by atoms with Crippen molar-refractivity contribution in [1.29, 1.82) is 0 Å². The Morgan fingerprint density at radius 1 is 1.00 bits per heavy atom. The van der Waals surface area contributed by atoms with E-state index in [-0.39, 0.29) is 17.7 Å². The monoisotopic (exact) mass is 321 g/mol. The van der Waals surface area contributed by atoms with Crippen LogP contribution < -0.4 is 5.73 Å². The minimum absolute atomic E-state index is 0.0148. The molecule has 2 rings (SSSR count). The molecule has 2 atom stereocenters. The van der Waals surface area contributed by atoms with Crippen molar-refractivity contribution in [2.75, 3.05) is 0 Å². The van der Waals surface area contributed by atoms with E-state index in [1.807, 2.05) is 55.5 Å². The smallest absolute Gasteiger partial charge is 0.220 e. The van der Waals surface area contributed by atoms with Gasteiger partial charge in [0.1, 0.15) is 0 Å². The molecule has 0 radical (unpaired) electrons. The van der Waals surface area contributed by atoms with Gasteiger partial charge < -0.3 is 5.73 Å². The minimum atomic E-state index is -0.302. The maximum absolute atomic E-state index is 11.6. The zero-order chi connectivity index (χ0) is 15.4. The van der Waals surface area contributed by atoms with Gasteiger partial charge in [0.15, 0.2) is 0 Å². The molecule has 0 spiro atoms. The van der Waals surface area contributed by atoms with Crippen LogP contribution in [0.5, 0.6) is 0 Å². The summed E-state index contributed by atoms with van der Waals surface area (Å²) in [6.07, 6.45) is 0.725. The Labute approximate surface area is 134 Å². The van der Waals surface area contributed by atoms with Gasteiger partial charge in [0.25, 0.3) is 0 Å². The second kappa shape index (κ2) is 6.97. The number of primary amides is 1. The van der Waals surface area contributed by atoms with E-state index in [0.29, 0.717) is 10.0 Å². The molecule has 2 aromatic carbocycles. The van der Waals surface area contributed by atoms with Gasteiger partial charge in [-0.2, -0.15) is 0 Å². The molecule has 4 heteroatoms. The molecule has 0 aromatic heterocycles. The third-order valence-corrected chi connectivity index (χ3v) is 4.22. The lowest BCUT2D eigenvalue weighted by molar-refractivity contribution is -0.121. The number of halogens is 2. The zero-order valence-electron chi connectivity index (χ0n) is 11.7. The molecule has 2 N–H and O–H groups in total. The van der Waals surface area contributed by atoms with Gasteiger partial charge in [0.2, 0.25) is 5.91 Å². The van der Waals surface area contributed by atoms with Crippen molar-refractivity contribution in [2.24, 2.45) is 11.7 Å². The van der Waals surface area contributed by atoms with E-state index in [1.54, 1.807) is 0 Å². The van der Waals surface area contributed by atoms with Crippen molar-refractivity contribution in [3.8, 4) is 0 Å². The number of carbonyl (C=O) groups excluding carboxylic acids is 1. The maximum Gasteiger partial charge on any atom is 0.220 e. The first-order chi connectivity index (χ1) is 9.97. The first-order valence-electron chi connectivity index (χ1n) is 6.76. The number of hydrogen-bond donors (Lipinski definition) is 1. The van der Waals surface area contributed by atoms with Crippen molar-refractivity contribution in [1.82, 2.24) is 0 Å². The number of benzene rings is 2. The van der Waals surface area contributed by atoms with E-state index < -0.39 is 0 Å². The first-order valence-corrected chi connectivity index (χ1v) is 7.52. The second-order valence-electron chi connectivity index (χ2n) is 5.18. The molecule has 0 saturated carbocycles. The van der Waals surface area contributed by atoms with Crippen molar-refractivity contribution >= 4 is 29.1 Å². The number of hydrogen-bond acceptors (Lipinski definition) is 1. The Morgan fingerprint density at radius 2 is 1.48 bits per heavy atom. The summed E-state index contributed by atoms with van der Waals surface area (Å²) in [5, 5.41) is 1.38. The van der Waals surface area contributed by atoms with Crippen molar-refractivity contribution in [3.05, 3.63) is 69.7 Å². The Kier molecular flexibility index (Phi) is 5.27. The fourth-order valence-electron chi connectivity index (χ4n) is 2.37. The Morgan fingerprint density at radius 3 is 1.95 bits per heavy atom. The highest BCUT2D eigenvalue weighted by Gasteiger charge is 2.24. The fourth-order valence-corrected chi connectivity index (χ4v) is 2.62. The normalized spacial score (nSPS) is 13.7. The standard InChI is InChI=1S/C17H17Cl2NO/c1-11(17(20)21)16(13-4-8-15(19)9-5-13)10-12-2-6-14(18)7-3-12/h2-9,11,16H,10H2,1H3,(H2,20,21). The van der Waals surface area contributed by atoms with Gasteiger partial charge in [-0.3, -0.25) is 4.79 Å². The Balaban J connectivity index is 2.29. The predicted molar refractivity (Wildman–Crippen MR) is 87.7 cm³/mol. The highest BCUT2D eigenvalue weighted by Crippen LogP contribution is 2.30. The molecule has 0 heterocycles. The van der Waals surface area contributed by atoms with Crippen LogP contribution >= 0.6 is 23.2 Å². The van der Waals surface area contributed by atoms with Crippen LogP contribution in [-0.4, -0.2) is 5.91 Å². The summed E-state index contributed by atoms with van der Waals surface area (Å²) in [5.41, 5.74) is 7.67. The average molecular weight is 322 g/mol. The van der Waals surface area contributed by atoms with E-state index >= 15 is 0 Å². The van der Waals surface area contributed by atoms with Crippen molar-refractivity contribution < 1.29 is 4.79 Å². The third-order valence-electron chi connectivity index (χ3n) is 3.72. The zero-order valence-corrected chi connectivity index (χ0v) is 13.2. The lowest BCUT2D eigenvalue weighted by Crippen LogP contribution is -2.27. The van der Waals surface area contributed by atoms with E-state index in [1.165, 1.54) is 0 Å². The molecule has 0 saturated heterocycles. The van der Waals surface area contributed by atoms with Gasteiger partial charge in [-0.25, -0.2) is 0 Å². The predicted octanol–water partition coefficient (Wildman–Crippen LogP) is 4.44. The number of carbonyl (C=O) groups is 1. The summed E-state index contributed by atoms with van der Waals surface area (Å²) in [7, 11) is 0.